The molecule has 0 spiro atoms. The van der Waals surface area contributed by atoms with Crippen LogP contribution in [0.25, 0.3) is 11.3 Å². The summed E-state index contributed by atoms with van der Waals surface area (Å²) in [5.74, 6) is 0.165. The summed E-state index contributed by atoms with van der Waals surface area (Å²) in [4.78, 5) is 14.6. The van der Waals surface area contributed by atoms with E-state index in [0.717, 1.165) is 32.8 Å². The van der Waals surface area contributed by atoms with Crippen molar-refractivity contribution in [3.63, 3.8) is 0 Å². The Hall–Kier alpha value is -2.18. The monoisotopic (exact) mass is 315 g/mol. The van der Waals surface area contributed by atoms with Gasteiger partial charge in [0.05, 0.1) is 25.5 Å². The van der Waals surface area contributed by atoms with Crippen LogP contribution in [-0.4, -0.2) is 52.6 Å². The van der Waals surface area contributed by atoms with E-state index < -0.39 is 0 Å². The molecule has 6 nitrogen and oxygen atoms in total. The molecular formula is C17H21N3O3. The van der Waals surface area contributed by atoms with Gasteiger partial charge in [-0.05, 0) is 25.1 Å². The van der Waals surface area contributed by atoms with Gasteiger partial charge in [-0.15, -0.1) is 0 Å². The van der Waals surface area contributed by atoms with E-state index in [4.69, 9.17) is 4.74 Å². The van der Waals surface area contributed by atoms with Gasteiger partial charge in [0.15, 0.2) is 0 Å². The number of rotatable bonds is 4. The van der Waals surface area contributed by atoms with Crippen molar-refractivity contribution < 1.29 is 9.84 Å². The van der Waals surface area contributed by atoms with Crippen molar-refractivity contribution >= 4 is 0 Å². The van der Waals surface area contributed by atoms with Crippen molar-refractivity contribution in [2.24, 2.45) is 0 Å². The molecule has 1 N–H and O–H groups in total. The summed E-state index contributed by atoms with van der Waals surface area (Å²) in [6.45, 7) is 6.30. The SMILES string of the molecule is Cc1cc(-c2ccccc2O)nn(CCN2CCOCC2)c1=O. The lowest BCUT2D eigenvalue weighted by molar-refractivity contribution is 0.0358. The molecule has 23 heavy (non-hydrogen) atoms. The largest absolute Gasteiger partial charge is 0.507 e. The summed E-state index contributed by atoms with van der Waals surface area (Å²) < 4.78 is 6.82. The topological polar surface area (TPSA) is 67.6 Å². The highest BCUT2D eigenvalue weighted by atomic mass is 16.5. The van der Waals surface area contributed by atoms with Gasteiger partial charge in [0.2, 0.25) is 0 Å². The highest BCUT2D eigenvalue weighted by Gasteiger charge is 2.13. The van der Waals surface area contributed by atoms with E-state index in [0.29, 0.717) is 23.4 Å². The van der Waals surface area contributed by atoms with Gasteiger partial charge in [0.1, 0.15) is 5.75 Å². The minimum absolute atomic E-state index is 0.0857. The smallest absolute Gasteiger partial charge is 0.269 e. The molecule has 0 unspecified atom stereocenters. The molecule has 0 atom stereocenters. The molecule has 1 aliphatic rings. The van der Waals surface area contributed by atoms with Gasteiger partial charge in [-0.2, -0.15) is 5.10 Å². The lowest BCUT2D eigenvalue weighted by atomic mass is 10.1. The normalized spacial score (nSPS) is 15.7. The summed E-state index contributed by atoms with van der Waals surface area (Å²) >= 11 is 0. The van der Waals surface area contributed by atoms with Crippen LogP contribution in [0.1, 0.15) is 5.56 Å². The van der Waals surface area contributed by atoms with Gasteiger partial charge < -0.3 is 9.84 Å². The van der Waals surface area contributed by atoms with Crippen LogP contribution in [-0.2, 0) is 11.3 Å². The van der Waals surface area contributed by atoms with Crippen LogP contribution in [0.4, 0.5) is 0 Å². The number of para-hydroxylation sites is 1. The first-order chi connectivity index (χ1) is 11.1. The molecule has 3 rings (SSSR count). The molecule has 1 fully saturated rings. The fourth-order valence-corrected chi connectivity index (χ4v) is 2.71. The van der Waals surface area contributed by atoms with Crippen molar-refractivity contribution in [2.45, 2.75) is 13.5 Å². The fraction of sp³-hybridized carbons (Fsp3) is 0.412. The first-order valence-corrected chi connectivity index (χ1v) is 7.82. The van der Waals surface area contributed by atoms with Crippen molar-refractivity contribution in [1.82, 2.24) is 14.7 Å². The van der Waals surface area contributed by atoms with Gasteiger partial charge in [-0.3, -0.25) is 9.69 Å². The molecule has 122 valence electrons. The number of hydrogen-bond donors (Lipinski definition) is 1. The standard InChI is InChI=1S/C17H21N3O3/c1-13-12-15(14-4-2-3-5-16(14)21)18-20(17(13)22)7-6-19-8-10-23-11-9-19/h2-5,12,21H,6-11H2,1H3. The molecule has 1 aromatic carbocycles. The number of nitrogens with zero attached hydrogens (tertiary/aromatic N) is 3. The van der Waals surface area contributed by atoms with Gasteiger partial charge >= 0.3 is 0 Å². The first kappa shape index (κ1) is 15.7. The van der Waals surface area contributed by atoms with Crippen LogP contribution < -0.4 is 5.56 Å². The fourth-order valence-electron chi connectivity index (χ4n) is 2.71. The molecule has 0 bridgehead atoms. The van der Waals surface area contributed by atoms with E-state index >= 15 is 0 Å². The Bertz CT molecular complexity index is 736. The predicted octanol–water partition coefficient (Wildman–Crippen LogP) is 1.26. The zero-order valence-corrected chi connectivity index (χ0v) is 13.2. The molecular weight excluding hydrogens is 294 g/mol. The van der Waals surface area contributed by atoms with Crippen molar-refractivity contribution in [3.05, 3.63) is 46.2 Å². The predicted molar refractivity (Wildman–Crippen MR) is 87.6 cm³/mol. The Morgan fingerprint density at radius 3 is 2.70 bits per heavy atom. The van der Waals surface area contributed by atoms with E-state index in [-0.39, 0.29) is 11.3 Å². The van der Waals surface area contributed by atoms with Crippen LogP contribution in [0.15, 0.2) is 35.1 Å². The maximum absolute atomic E-state index is 12.3. The minimum atomic E-state index is -0.0857. The van der Waals surface area contributed by atoms with Gasteiger partial charge in [0, 0.05) is 30.8 Å². The first-order valence-electron chi connectivity index (χ1n) is 7.82. The lowest BCUT2D eigenvalue weighted by Gasteiger charge is -2.26. The molecule has 1 aromatic heterocycles. The second-order valence-corrected chi connectivity index (χ2v) is 5.71. The van der Waals surface area contributed by atoms with E-state index in [1.165, 1.54) is 4.68 Å². The Kier molecular flexibility index (Phi) is 4.73. The van der Waals surface area contributed by atoms with Crippen LogP contribution in [0.5, 0.6) is 5.75 Å². The summed E-state index contributed by atoms with van der Waals surface area (Å²) in [6.07, 6.45) is 0. The van der Waals surface area contributed by atoms with Crippen molar-refractivity contribution in [1.29, 1.82) is 0 Å². The molecule has 1 aliphatic heterocycles. The molecule has 2 heterocycles. The van der Waals surface area contributed by atoms with Gasteiger partial charge in [-0.25, -0.2) is 4.68 Å². The number of hydrogen-bond acceptors (Lipinski definition) is 5. The number of morpholine rings is 1. The number of benzene rings is 1. The third-order valence-corrected chi connectivity index (χ3v) is 4.07. The van der Waals surface area contributed by atoms with E-state index in [1.807, 2.05) is 6.07 Å². The van der Waals surface area contributed by atoms with E-state index in [2.05, 4.69) is 10.00 Å². The third kappa shape index (κ3) is 3.60. The Balaban J connectivity index is 1.85. The molecule has 0 saturated carbocycles. The van der Waals surface area contributed by atoms with Crippen LogP contribution >= 0.6 is 0 Å². The van der Waals surface area contributed by atoms with Gasteiger partial charge in [-0.1, -0.05) is 12.1 Å². The zero-order valence-electron chi connectivity index (χ0n) is 13.2. The Morgan fingerprint density at radius 1 is 1.22 bits per heavy atom. The molecule has 0 radical (unpaired) electrons. The second kappa shape index (κ2) is 6.93. The summed E-state index contributed by atoms with van der Waals surface area (Å²) in [5.41, 5.74) is 1.79. The number of phenolic OH excluding ortho intramolecular Hbond substituents is 1. The molecule has 2 aromatic rings. The highest BCUT2D eigenvalue weighted by molar-refractivity contribution is 5.66. The number of aryl methyl sites for hydroxylation is 1. The molecule has 6 heteroatoms. The maximum Gasteiger partial charge on any atom is 0.269 e. The maximum atomic E-state index is 12.3. The van der Waals surface area contributed by atoms with E-state index in [9.17, 15) is 9.90 Å². The Labute approximate surface area is 134 Å². The lowest BCUT2D eigenvalue weighted by Crippen LogP contribution is -2.40. The average molecular weight is 315 g/mol. The zero-order chi connectivity index (χ0) is 16.2. The summed E-state index contributed by atoms with van der Waals surface area (Å²) in [5, 5.41) is 14.4. The van der Waals surface area contributed by atoms with Crippen LogP contribution in [0.3, 0.4) is 0 Å². The number of phenols is 1. The number of ether oxygens (including phenoxy) is 1. The molecule has 0 amide bonds. The average Bonchev–Trinajstić information content (AvgIpc) is 2.57. The van der Waals surface area contributed by atoms with Crippen molar-refractivity contribution in [3.8, 4) is 17.0 Å². The number of aromatic hydroxyl groups is 1. The highest BCUT2D eigenvalue weighted by Crippen LogP contribution is 2.26. The van der Waals surface area contributed by atoms with Gasteiger partial charge in [0.25, 0.3) is 5.56 Å². The summed E-state index contributed by atoms with van der Waals surface area (Å²) in [6, 6.07) is 8.75. The summed E-state index contributed by atoms with van der Waals surface area (Å²) in [7, 11) is 0. The minimum Gasteiger partial charge on any atom is -0.507 e. The quantitative estimate of drug-likeness (QED) is 0.920. The Morgan fingerprint density at radius 2 is 1.96 bits per heavy atom. The van der Waals surface area contributed by atoms with Crippen LogP contribution in [0, 0.1) is 6.92 Å². The number of aromatic nitrogens is 2. The third-order valence-electron chi connectivity index (χ3n) is 4.07. The second-order valence-electron chi connectivity index (χ2n) is 5.71. The molecule has 0 aliphatic carbocycles. The molecule has 1 saturated heterocycles. The van der Waals surface area contributed by atoms with E-state index in [1.54, 1.807) is 31.2 Å². The van der Waals surface area contributed by atoms with Crippen LogP contribution in [0.2, 0.25) is 0 Å². The van der Waals surface area contributed by atoms with Crippen molar-refractivity contribution in [2.75, 3.05) is 32.8 Å².